The predicted molar refractivity (Wildman–Crippen MR) is 63.8 cm³/mol. The number of methoxy groups -OCH3 is 1. The van der Waals surface area contributed by atoms with E-state index in [1.165, 1.54) is 13.2 Å². The number of hydrogen-bond donors (Lipinski definition) is 2. The quantitative estimate of drug-likeness (QED) is 0.841. The second kappa shape index (κ2) is 6.93. The Balaban J connectivity index is 0.00000324. The van der Waals surface area contributed by atoms with E-state index in [4.69, 9.17) is 10.5 Å². The van der Waals surface area contributed by atoms with Crippen LogP contribution in [0.4, 0.5) is 17.6 Å². The average molecular weight is 304 g/mol. The third kappa shape index (κ3) is 4.85. The number of nitrogens with two attached hydrogens (primary N) is 1. The highest BCUT2D eigenvalue weighted by atomic mass is 35.5. The van der Waals surface area contributed by atoms with E-state index >= 15 is 0 Å². The van der Waals surface area contributed by atoms with Crippen LogP contribution in [0.5, 0.6) is 5.75 Å². The van der Waals surface area contributed by atoms with E-state index in [1.807, 2.05) is 0 Å². The summed E-state index contributed by atoms with van der Waals surface area (Å²) in [6, 6.07) is 1.24. The highest BCUT2D eigenvalue weighted by Crippen LogP contribution is 2.29. The molecule has 0 amide bonds. The Labute approximate surface area is 113 Å². The van der Waals surface area contributed by atoms with Crippen molar-refractivity contribution in [2.45, 2.75) is 24.7 Å². The lowest BCUT2D eigenvalue weighted by molar-refractivity contribution is -0.154. The molecule has 0 bridgehead atoms. The minimum absolute atomic E-state index is 0. The Morgan fingerprint density at radius 2 is 1.95 bits per heavy atom. The fraction of sp³-hybridized carbons (Fsp3) is 0.455. The molecule has 0 saturated carbocycles. The van der Waals surface area contributed by atoms with Gasteiger partial charge in [-0.3, -0.25) is 0 Å². The van der Waals surface area contributed by atoms with Crippen molar-refractivity contribution in [3.8, 4) is 5.75 Å². The van der Waals surface area contributed by atoms with Crippen LogP contribution in [-0.4, -0.2) is 24.4 Å². The number of alkyl halides is 3. The largest absolute Gasteiger partial charge is 0.497 e. The average Bonchev–Trinajstić information content (AvgIpc) is 2.28. The third-order valence-electron chi connectivity index (χ3n) is 2.46. The molecule has 2 atom stereocenters. The molecule has 3 N–H and O–H groups in total. The topological polar surface area (TPSA) is 55.5 Å². The van der Waals surface area contributed by atoms with Gasteiger partial charge < -0.3 is 15.6 Å². The van der Waals surface area contributed by atoms with Gasteiger partial charge in [0.2, 0.25) is 0 Å². The standard InChI is InChI=1S/C11H13F4NO2.ClH/c1-18-6-2-3-8(12)7(4-6)9(17)5-10(16)11(13,14)15;/h2-4,9-10,17H,5,16H2,1H3;1H/t9-,10-;/m1./s1. The van der Waals surface area contributed by atoms with Gasteiger partial charge in [0.25, 0.3) is 0 Å². The number of aliphatic hydroxyl groups excluding tert-OH is 1. The molecule has 0 heterocycles. The van der Waals surface area contributed by atoms with Crippen LogP contribution in [0.1, 0.15) is 18.1 Å². The van der Waals surface area contributed by atoms with Gasteiger partial charge in [0.05, 0.1) is 13.2 Å². The zero-order valence-electron chi connectivity index (χ0n) is 9.95. The lowest BCUT2D eigenvalue weighted by Gasteiger charge is -2.19. The van der Waals surface area contributed by atoms with E-state index in [0.717, 1.165) is 12.1 Å². The number of halogens is 5. The van der Waals surface area contributed by atoms with E-state index < -0.39 is 30.6 Å². The Kier molecular flexibility index (Phi) is 6.54. The fourth-order valence-corrected chi connectivity index (χ4v) is 1.41. The lowest BCUT2D eigenvalue weighted by Crippen LogP contribution is -2.38. The number of benzene rings is 1. The molecule has 0 unspecified atom stereocenters. The molecule has 0 aliphatic heterocycles. The second-order valence-corrected chi connectivity index (χ2v) is 3.79. The summed E-state index contributed by atoms with van der Waals surface area (Å²) in [7, 11) is 1.32. The molecule has 8 heteroatoms. The number of hydrogen-bond acceptors (Lipinski definition) is 3. The molecule has 0 aliphatic carbocycles. The maximum absolute atomic E-state index is 13.4. The first-order valence-electron chi connectivity index (χ1n) is 5.09. The van der Waals surface area contributed by atoms with Gasteiger partial charge in [-0.2, -0.15) is 13.2 Å². The number of aliphatic hydroxyl groups is 1. The van der Waals surface area contributed by atoms with Crippen molar-refractivity contribution in [2.75, 3.05) is 7.11 Å². The van der Waals surface area contributed by atoms with E-state index in [-0.39, 0.29) is 23.7 Å². The third-order valence-corrected chi connectivity index (χ3v) is 2.46. The Morgan fingerprint density at radius 3 is 2.42 bits per heavy atom. The first-order valence-corrected chi connectivity index (χ1v) is 5.09. The van der Waals surface area contributed by atoms with Crippen LogP contribution in [-0.2, 0) is 0 Å². The van der Waals surface area contributed by atoms with Gasteiger partial charge >= 0.3 is 6.18 Å². The molecular formula is C11H14ClF4NO2. The number of rotatable bonds is 4. The van der Waals surface area contributed by atoms with Crippen molar-refractivity contribution < 1.29 is 27.4 Å². The molecule has 110 valence electrons. The molecule has 19 heavy (non-hydrogen) atoms. The van der Waals surface area contributed by atoms with Gasteiger partial charge in [-0.15, -0.1) is 12.4 Å². The van der Waals surface area contributed by atoms with Crippen LogP contribution < -0.4 is 10.5 Å². The Hall–Kier alpha value is -1.05. The van der Waals surface area contributed by atoms with E-state index in [1.54, 1.807) is 0 Å². The van der Waals surface area contributed by atoms with Crippen molar-refractivity contribution in [2.24, 2.45) is 5.73 Å². The van der Waals surface area contributed by atoms with Crippen molar-refractivity contribution >= 4 is 12.4 Å². The van der Waals surface area contributed by atoms with Crippen molar-refractivity contribution in [3.05, 3.63) is 29.6 Å². The second-order valence-electron chi connectivity index (χ2n) is 3.79. The first kappa shape index (κ1) is 17.9. The predicted octanol–water partition coefficient (Wildman–Crippen LogP) is 2.57. The zero-order valence-corrected chi connectivity index (χ0v) is 10.8. The molecule has 0 fully saturated rings. The minimum Gasteiger partial charge on any atom is -0.497 e. The fourth-order valence-electron chi connectivity index (χ4n) is 1.41. The van der Waals surface area contributed by atoms with Crippen LogP contribution in [0.25, 0.3) is 0 Å². The van der Waals surface area contributed by atoms with E-state index in [2.05, 4.69) is 0 Å². The maximum atomic E-state index is 13.4. The van der Waals surface area contributed by atoms with Crippen molar-refractivity contribution in [3.63, 3.8) is 0 Å². The summed E-state index contributed by atoms with van der Waals surface area (Å²) in [6.45, 7) is 0. The molecule has 3 nitrogen and oxygen atoms in total. The van der Waals surface area contributed by atoms with Crippen LogP contribution in [0.15, 0.2) is 18.2 Å². The minimum atomic E-state index is -4.63. The normalized spacial score (nSPS) is 14.5. The summed E-state index contributed by atoms with van der Waals surface area (Å²) in [4.78, 5) is 0. The van der Waals surface area contributed by atoms with E-state index in [0.29, 0.717) is 0 Å². The Bertz CT molecular complexity index is 414. The molecular weight excluding hydrogens is 290 g/mol. The summed E-state index contributed by atoms with van der Waals surface area (Å²) in [5.41, 5.74) is 4.60. The lowest BCUT2D eigenvalue weighted by atomic mass is 10.0. The maximum Gasteiger partial charge on any atom is 0.403 e. The van der Waals surface area contributed by atoms with Crippen LogP contribution >= 0.6 is 12.4 Å². The molecule has 0 radical (unpaired) electrons. The summed E-state index contributed by atoms with van der Waals surface area (Å²) in [5, 5.41) is 9.58. The first-order chi connectivity index (χ1) is 8.25. The summed E-state index contributed by atoms with van der Waals surface area (Å²) in [5.74, 6) is -0.566. The van der Waals surface area contributed by atoms with Crippen molar-refractivity contribution in [1.82, 2.24) is 0 Å². The van der Waals surface area contributed by atoms with Gasteiger partial charge in [-0.1, -0.05) is 0 Å². The van der Waals surface area contributed by atoms with Gasteiger partial charge in [-0.25, -0.2) is 4.39 Å². The molecule has 0 saturated heterocycles. The molecule has 1 rings (SSSR count). The molecule has 0 aromatic heterocycles. The summed E-state index contributed by atoms with van der Waals surface area (Å²) in [6.07, 6.45) is -7.08. The highest BCUT2D eigenvalue weighted by Gasteiger charge is 2.38. The highest BCUT2D eigenvalue weighted by molar-refractivity contribution is 5.85. The van der Waals surface area contributed by atoms with Gasteiger partial charge in [0.1, 0.15) is 17.6 Å². The van der Waals surface area contributed by atoms with Crippen LogP contribution in [0.3, 0.4) is 0 Å². The van der Waals surface area contributed by atoms with Gasteiger partial charge in [0, 0.05) is 12.0 Å². The van der Waals surface area contributed by atoms with E-state index in [9.17, 15) is 22.7 Å². The summed E-state index contributed by atoms with van der Waals surface area (Å²) >= 11 is 0. The Morgan fingerprint density at radius 1 is 1.37 bits per heavy atom. The molecule has 1 aromatic carbocycles. The smallest absolute Gasteiger partial charge is 0.403 e. The van der Waals surface area contributed by atoms with Crippen molar-refractivity contribution in [1.29, 1.82) is 0 Å². The number of ether oxygens (including phenoxy) is 1. The summed E-state index contributed by atoms with van der Waals surface area (Å²) < 4.78 is 54.8. The zero-order chi connectivity index (χ0) is 13.9. The van der Waals surface area contributed by atoms with Gasteiger partial charge in [-0.05, 0) is 18.2 Å². The van der Waals surface area contributed by atoms with Crippen LogP contribution in [0.2, 0.25) is 0 Å². The molecule has 0 spiro atoms. The monoisotopic (exact) mass is 303 g/mol. The SMILES string of the molecule is COc1ccc(F)c([C@H](O)C[C@@H](N)C(F)(F)F)c1.Cl. The molecule has 0 aliphatic rings. The molecule has 1 aromatic rings. The van der Waals surface area contributed by atoms with Gasteiger partial charge in [0.15, 0.2) is 0 Å². The van der Waals surface area contributed by atoms with Crippen LogP contribution in [0, 0.1) is 5.82 Å².